The van der Waals surface area contributed by atoms with Gasteiger partial charge in [-0.05, 0) is 47.9 Å². The number of H-pyrrole nitrogens is 1. The van der Waals surface area contributed by atoms with Crippen molar-refractivity contribution < 1.29 is 18.3 Å². The molecule has 4 aromatic rings. The van der Waals surface area contributed by atoms with Gasteiger partial charge in [-0.25, -0.2) is 8.78 Å². The Morgan fingerprint density at radius 3 is 2.63 bits per heavy atom. The van der Waals surface area contributed by atoms with Crippen LogP contribution in [0, 0.1) is 11.6 Å². The second-order valence-electron chi connectivity index (χ2n) is 9.96. The van der Waals surface area contributed by atoms with Crippen LogP contribution < -0.4 is 10.1 Å². The number of aromatic amines is 1. The number of amides is 1. The molecule has 2 aliphatic rings. The van der Waals surface area contributed by atoms with Crippen molar-refractivity contribution in [2.75, 3.05) is 39.8 Å². The number of aromatic nitrogens is 1. The third-order valence-corrected chi connectivity index (χ3v) is 7.71. The summed E-state index contributed by atoms with van der Waals surface area (Å²) in [6.45, 7) is 3.83. The van der Waals surface area contributed by atoms with Gasteiger partial charge in [0.05, 0.1) is 18.7 Å². The molecule has 0 aliphatic carbocycles. The first-order valence-corrected chi connectivity index (χ1v) is 13.0. The molecule has 3 heterocycles. The fourth-order valence-corrected chi connectivity index (χ4v) is 5.75. The monoisotopic (exact) mass is 516 g/mol. The SMILES string of the molecule is COc1ccc(C2NCCc3c2[nH]c2ccccc32)cc1CN1CCN(C(=O)c2ccc(F)cc2F)CC1. The lowest BCUT2D eigenvalue weighted by molar-refractivity contribution is 0.0623. The van der Waals surface area contributed by atoms with Crippen LogP contribution in [0.4, 0.5) is 8.78 Å². The molecule has 3 aromatic carbocycles. The van der Waals surface area contributed by atoms with Crippen molar-refractivity contribution in [2.45, 2.75) is 19.0 Å². The predicted octanol–water partition coefficient (Wildman–Crippen LogP) is 4.65. The summed E-state index contributed by atoms with van der Waals surface area (Å²) in [7, 11) is 1.68. The summed E-state index contributed by atoms with van der Waals surface area (Å²) in [4.78, 5) is 20.3. The average Bonchev–Trinajstić information content (AvgIpc) is 3.32. The van der Waals surface area contributed by atoms with Gasteiger partial charge in [0, 0.05) is 67.5 Å². The Balaban J connectivity index is 1.18. The van der Waals surface area contributed by atoms with Crippen LogP contribution in [0.25, 0.3) is 10.9 Å². The van der Waals surface area contributed by atoms with Gasteiger partial charge >= 0.3 is 0 Å². The zero-order valence-electron chi connectivity index (χ0n) is 21.3. The van der Waals surface area contributed by atoms with Crippen molar-refractivity contribution in [1.82, 2.24) is 20.1 Å². The fraction of sp³-hybridized carbons (Fsp3) is 0.300. The highest BCUT2D eigenvalue weighted by Gasteiger charge is 2.27. The van der Waals surface area contributed by atoms with Gasteiger partial charge in [0.15, 0.2) is 0 Å². The predicted molar refractivity (Wildman–Crippen MR) is 142 cm³/mol. The minimum Gasteiger partial charge on any atom is -0.496 e. The van der Waals surface area contributed by atoms with Crippen LogP contribution in [0.1, 0.15) is 38.8 Å². The highest BCUT2D eigenvalue weighted by atomic mass is 19.1. The van der Waals surface area contributed by atoms with Crippen LogP contribution >= 0.6 is 0 Å². The Labute approximate surface area is 220 Å². The van der Waals surface area contributed by atoms with Gasteiger partial charge in [-0.15, -0.1) is 0 Å². The standard InChI is InChI=1S/C30H30F2N4O2/c1-38-27-9-6-19(28-29-23(10-11-33-28)22-4-2-3-5-26(22)34-29)16-20(27)18-35-12-14-36(15-13-35)30(37)24-8-7-21(31)17-25(24)32/h2-9,16-17,28,33-34H,10-15,18H2,1H3. The molecule has 0 saturated carbocycles. The lowest BCUT2D eigenvalue weighted by atomic mass is 9.93. The summed E-state index contributed by atoms with van der Waals surface area (Å²) in [6, 6.07) is 18.0. The van der Waals surface area contributed by atoms with E-state index in [4.69, 9.17) is 4.74 Å². The van der Waals surface area contributed by atoms with Crippen molar-refractivity contribution in [2.24, 2.45) is 0 Å². The van der Waals surface area contributed by atoms with Crippen molar-refractivity contribution >= 4 is 16.8 Å². The quantitative estimate of drug-likeness (QED) is 0.406. The summed E-state index contributed by atoms with van der Waals surface area (Å²) in [5.41, 5.74) is 5.92. The van der Waals surface area contributed by atoms with Crippen molar-refractivity contribution in [3.05, 3.63) is 100 Å². The van der Waals surface area contributed by atoms with E-state index >= 15 is 0 Å². The number of fused-ring (bicyclic) bond motifs is 3. The molecule has 0 spiro atoms. The summed E-state index contributed by atoms with van der Waals surface area (Å²) in [5, 5.41) is 4.97. The molecule has 2 aliphatic heterocycles. The Hall–Kier alpha value is -3.75. The second kappa shape index (κ2) is 10.2. The van der Waals surface area contributed by atoms with Crippen LogP contribution in [0.5, 0.6) is 5.75 Å². The van der Waals surface area contributed by atoms with Crippen molar-refractivity contribution in [3.63, 3.8) is 0 Å². The number of benzene rings is 3. The van der Waals surface area contributed by atoms with Gasteiger partial charge in [0.1, 0.15) is 17.4 Å². The topological polar surface area (TPSA) is 60.6 Å². The molecule has 1 atom stereocenters. The highest BCUT2D eigenvalue weighted by Crippen LogP contribution is 2.35. The number of carbonyl (C=O) groups is 1. The minimum atomic E-state index is -0.826. The molecule has 1 saturated heterocycles. The summed E-state index contributed by atoms with van der Waals surface area (Å²) in [5.74, 6) is -1.09. The number of ether oxygens (including phenoxy) is 1. The number of piperazine rings is 1. The minimum absolute atomic E-state index is 0.0656. The van der Waals surface area contributed by atoms with E-state index in [9.17, 15) is 13.6 Å². The molecule has 2 N–H and O–H groups in total. The van der Waals surface area contributed by atoms with Crippen LogP contribution in [0.3, 0.4) is 0 Å². The molecule has 1 unspecified atom stereocenters. The first-order valence-electron chi connectivity index (χ1n) is 13.0. The van der Waals surface area contributed by atoms with E-state index in [2.05, 4.69) is 51.6 Å². The van der Waals surface area contributed by atoms with E-state index in [1.54, 1.807) is 12.0 Å². The van der Waals surface area contributed by atoms with Crippen LogP contribution in [-0.2, 0) is 13.0 Å². The maximum atomic E-state index is 14.1. The van der Waals surface area contributed by atoms with E-state index in [0.29, 0.717) is 32.7 Å². The maximum absolute atomic E-state index is 14.1. The number of rotatable bonds is 5. The van der Waals surface area contributed by atoms with E-state index in [-0.39, 0.29) is 11.6 Å². The van der Waals surface area contributed by atoms with E-state index in [1.807, 2.05) is 6.07 Å². The molecule has 8 heteroatoms. The number of hydrogen-bond acceptors (Lipinski definition) is 4. The molecule has 1 amide bonds. The molecule has 196 valence electrons. The zero-order valence-corrected chi connectivity index (χ0v) is 21.3. The van der Waals surface area contributed by atoms with Gasteiger partial charge in [0.2, 0.25) is 0 Å². The lowest BCUT2D eigenvalue weighted by Gasteiger charge is -2.35. The van der Waals surface area contributed by atoms with Crippen LogP contribution in [-0.4, -0.2) is 60.5 Å². The Morgan fingerprint density at radius 2 is 1.84 bits per heavy atom. The molecule has 0 bridgehead atoms. The first kappa shape index (κ1) is 24.6. The molecular formula is C30H30F2N4O2. The largest absolute Gasteiger partial charge is 0.496 e. The highest BCUT2D eigenvalue weighted by molar-refractivity contribution is 5.94. The third kappa shape index (κ3) is 4.54. The van der Waals surface area contributed by atoms with Gasteiger partial charge in [0.25, 0.3) is 5.91 Å². The average molecular weight is 517 g/mol. The Kier molecular flexibility index (Phi) is 6.59. The number of hydrogen-bond donors (Lipinski definition) is 2. The number of halogens is 2. The number of nitrogens with zero attached hydrogens (tertiary/aromatic N) is 2. The number of carbonyl (C=O) groups excluding carboxylic acids is 1. The summed E-state index contributed by atoms with van der Waals surface area (Å²) in [6.07, 6.45) is 0.990. The molecule has 0 radical (unpaired) electrons. The fourth-order valence-electron chi connectivity index (χ4n) is 5.75. The van der Waals surface area contributed by atoms with E-state index in [0.717, 1.165) is 41.9 Å². The molecular weight excluding hydrogens is 486 g/mol. The molecule has 1 aromatic heterocycles. The normalized spacial score (nSPS) is 18.0. The van der Waals surface area contributed by atoms with Crippen molar-refractivity contribution in [1.29, 1.82) is 0 Å². The van der Waals surface area contributed by atoms with Gasteiger partial charge in [-0.3, -0.25) is 9.69 Å². The Morgan fingerprint density at radius 1 is 1.03 bits per heavy atom. The lowest BCUT2D eigenvalue weighted by Crippen LogP contribution is -2.48. The van der Waals surface area contributed by atoms with Crippen molar-refractivity contribution in [3.8, 4) is 5.75 Å². The van der Waals surface area contributed by atoms with Crippen LogP contribution in [0.15, 0.2) is 60.7 Å². The smallest absolute Gasteiger partial charge is 0.256 e. The number of para-hydroxylation sites is 1. The summed E-state index contributed by atoms with van der Waals surface area (Å²) < 4.78 is 33.1. The van der Waals surface area contributed by atoms with Gasteiger partial charge in [-0.1, -0.05) is 24.3 Å². The van der Waals surface area contributed by atoms with E-state index in [1.165, 1.54) is 28.3 Å². The first-order chi connectivity index (χ1) is 18.5. The maximum Gasteiger partial charge on any atom is 0.256 e. The molecule has 38 heavy (non-hydrogen) atoms. The van der Waals surface area contributed by atoms with Crippen LogP contribution in [0.2, 0.25) is 0 Å². The molecule has 6 nitrogen and oxygen atoms in total. The van der Waals surface area contributed by atoms with Gasteiger partial charge < -0.3 is 19.9 Å². The second-order valence-corrected chi connectivity index (χ2v) is 9.96. The molecule has 6 rings (SSSR count). The Bertz CT molecular complexity index is 1490. The summed E-state index contributed by atoms with van der Waals surface area (Å²) >= 11 is 0. The zero-order chi connectivity index (χ0) is 26.2. The van der Waals surface area contributed by atoms with Gasteiger partial charge in [-0.2, -0.15) is 0 Å². The molecule has 1 fully saturated rings. The number of methoxy groups -OCH3 is 1. The number of nitrogens with one attached hydrogen (secondary N) is 2. The third-order valence-electron chi connectivity index (χ3n) is 7.71. The van der Waals surface area contributed by atoms with E-state index < -0.39 is 17.5 Å².